The van der Waals surface area contributed by atoms with Gasteiger partial charge in [0.2, 0.25) is 0 Å². The first-order valence-corrected chi connectivity index (χ1v) is 6.49. The molecule has 2 aromatic heterocycles. The maximum atomic E-state index is 3.80. The molecule has 0 aromatic carbocycles. The van der Waals surface area contributed by atoms with E-state index in [0.717, 1.165) is 9.47 Å². The number of hydrogen-bond donors (Lipinski definition) is 1. The standard InChI is InChI=1S/C8H8BrN3S2/c1-5(8-6(9)2-3-13-8)11-7-4-10-12-14-7/h2-5,11H,1H3. The summed E-state index contributed by atoms with van der Waals surface area (Å²) in [6, 6.07) is 2.34. The molecule has 0 saturated carbocycles. The highest BCUT2D eigenvalue weighted by molar-refractivity contribution is 9.10. The highest BCUT2D eigenvalue weighted by atomic mass is 79.9. The number of halogens is 1. The molecule has 3 nitrogen and oxygen atoms in total. The van der Waals surface area contributed by atoms with E-state index in [1.54, 1.807) is 17.5 Å². The first-order valence-electron chi connectivity index (χ1n) is 4.04. The van der Waals surface area contributed by atoms with Crippen LogP contribution in [0.15, 0.2) is 22.1 Å². The molecule has 2 aromatic rings. The van der Waals surface area contributed by atoms with Gasteiger partial charge >= 0.3 is 0 Å². The minimum absolute atomic E-state index is 0.284. The predicted molar refractivity (Wildman–Crippen MR) is 64.0 cm³/mol. The van der Waals surface area contributed by atoms with Gasteiger partial charge in [0.05, 0.1) is 12.2 Å². The van der Waals surface area contributed by atoms with E-state index < -0.39 is 0 Å². The largest absolute Gasteiger partial charge is 0.367 e. The molecule has 6 heteroatoms. The van der Waals surface area contributed by atoms with E-state index in [1.807, 2.05) is 0 Å². The summed E-state index contributed by atoms with van der Waals surface area (Å²) in [5.74, 6) is 0. The highest BCUT2D eigenvalue weighted by Crippen LogP contribution is 2.31. The Morgan fingerprint density at radius 1 is 1.57 bits per heavy atom. The third-order valence-corrected chi connectivity index (χ3v) is 4.41. The van der Waals surface area contributed by atoms with Gasteiger partial charge < -0.3 is 5.32 Å². The molecule has 0 aliphatic rings. The predicted octanol–water partition coefficient (Wildman–Crippen LogP) is 3.54. The van der Waals surface area contributed by atoms with Crippen LogP contribution in [0.2, 0.25) is 0 Å². The summed E-state index contributed by atoms with van der Waals surface area (Å²) in [7, 11) is 0. The topological polar surface area (TPSA) is 37.8 Å². The lowest BCUT2D eigenvalue weighted by Gasteiger charge is -2.11. The van der Waals surface area contributed by atoms with E-state index in [0.29, 0.717) is 0 Å². The van der Waals surface area contributed by atoms with E-state index in [9.17, 15) is 0 Å². The summed E-state index contributed by atoms with van der Waals surface area (Å²) >= 11 is 6.62. The Morgan fingerprint density at radius 3 is 3.00 bits per heavy atom. The normalized spacial score (nSPS) is 12.7. The Labute approximate surface area is 98.5 Å². The number of rotatable bonds is 3. The van der Waals surface area contributed by atoms with Crippen LogP contribution < -0.4 is 5.32 Å². The fraction of sp³-hybridized carbons (Fsp3) is 0.250. The van der Waals surface area contributed by atoms with Gasteiger partial charge in [-0.05, 0) is 34.3 Å². The van der Waals surface area contributed by atoms with Crippen molar-refractivity contribution in [3.05, 3.63) is 27.0 Å². The van der Waals surface area contributed by atoms with Gasteiger partial charge in [0.25, 0.3) is 0 Å². The SMILES string of the molecule is CC(Nc1cnns1)c1sccc1Br. The first-order chi connectivity index (χ1) is 6.77. The Kier molecular flexibility index (Phi) is 3.15. The molecule has 2 rings (SSSR count). The number of hydrogen-bond acceptors (Lipinski definition) is 5. The van der Waals surface area contributed by atoms with Gasteiger partial charge in [-0.3, -0.25) is 0 Å². The number of nitrogens with one attached hydrogen (secondary N) is 1. The minimum atomic E-state index is 0.284. The van der Waals surface area contributed by atoms with Crippen LogP contribution in [0.5, 0.6) is 0 Å². The molecular formula is C8H8BrN3S2. The third-order valence-electron chi connectivity index (χ3n) is 1.76. The summed E-state index contributed by atoms with van der Waals surface area (Å²) in [6.45, 7) is 2.12. The van der Waals surface area contributed by atoms with Crippen LogP contribution in [0, 0.1) is 0 Å². The molecule has 0 bridgehead atoms. The average molecular weight is 290 g/mol. The van der Waals surface area contributed by atoms with E-state index in [2.05, 4.69) is 49.2 Å². The Balaban J connectivity index is 2.10. The molecule has 1 N–H and O–H groups in total. The summed E-state index contributed by atoms with van der Waals surface area (Å²) in [5.41, 5.74) is 0. The summed E-state index contributed by atoms with van der Waals surface area (Å²) < 4.78 is 4.95. The van der Waals surface area contributed by atoms with Crippen LogP contribution in [-0.2, 0) is 0 Å². The average Bonchev–Trinajstić information content (AvgIpc) is 2.75. The summed E-state index contributed by atoms with van der Waals surface area (Å²) in [4.78, 5) is 1.29. The second kappa shape index (κ2) is 4.37. The number of anilines is 1. The number of thiophene rings is 1. The quantitative estimate of drug-likeness (QED) is 0.939. The van der Waals surface area contributed by atoms with E-state index in [-0.39, 0.29) is 6.04 Å². The van der Waals surface area contributed by atoms with E-state index >= 15 is 0 Å². The van der Waals surface area contributed by atoms with Crippen molar-refractivity contribution >= 4 is 43.8 Å². The smallest absolute Gasteiger partial charge is 0.130 e. The first kappa shape index (κ1) is 10.1. The molecule has 0 aliphatic carbocycles. The zero-order chi connectivity index (χ0) is 9.97. The van der Waals surface area contributed by atoms with Crippen LogP contribution >= 0.6 is 38.8 Å². The van der Waals surface area contributed by atoms with Gasteiger partial charge in [-0.15, -0.1) is 16.4 Å². The molecule has 0 spiro atoms. The van der Waals surface area contributed by atoms with Crippen molar-refractivity contribution in [2.24, 2.45) is 0 Å². The fourth-order valence-electron chi connectivity index (χ4n) is 1.12. The van der Waals surface area contributed by atoms with Crippen molar-refractivity contribution in [2.75, 3.05) is 5.32 Å². The minimum Gasteiger partial charge on any atom is -0.367 e. The van der Waals surface area contributed by atoms with Gasteiger partial charge in [0, 0.05) is 20.9 Å². The zero-order valence-electron chi connectivity index (χ0n) is 7.40. The molecule has 14 heavy (non-hydrogen) atoms. The highest BCUT2D eigenvalue weighted by Gasteiger charge is 2.11. The summed E-state index contributed by atoms with van der Waals surface area (Å²) in [6.07, 6.45) is 1.74. The van der Waals surface area contributed by atoms with Crippen molar-refractivity contribution in [2.45, 2.75) is 13.0 Å². The second-order valence-electron chi connectivity index (χ2n) is 2.78. The summed E-state index contributed by atoms with van der Waals surface area (Å²) in [5, 5.41) is 10.2. The Hall–Kier alpha value is -0.460. The molecule has 2 heterocycles. The Morgan fingerprint density at radius 2 is 2.43 bits per heavy atom. The lowest BCUT2D eigenvalue weighted by Crippen LogP contribution is -2.03. The molecule has 0 saturated heterocycles. The van der Waals surface area contributed by atoms with Crippen LogP contribution in [0.3, 0.4) is 0 Å². The third kappa shape index (κ3) is 2.13. The second-order valence-corrected chi connectivity index (χ2v) is 5.37. The molecule has 1 unspecified atom stereocenters. The van der Waals surface area contributed by atoms with E-state index in [4.69, 9.17) is 0 Å². The van der Waals surface area contributed by atoms with Crippen molar-refractivity contribution in [1.82, 2.24) is 9.59 Å². The van der Waals surface area contributed by atoms with Gasteiger partial charge in [-0.1, -0.05) is 4.49 Å². The molecular weight excluding hydrogens is 282 g/mol. The lowest BCUT2D eigenvalue weighted by atomic mass is 10.3. The van der Waals surface area contributed by atoms with Crippen molar-refractivity contribution in [1.29, 1.82) is 0 Å². The van der Waals surface area contributed by atoms with Crippen molar-refractivity contribution in [3.63, 3.8) is 0 Å². The van der Waals surface area contributed by atoms with Crippen LogP contribution in [0.1, 0.15) is 17.8 Å². The Bertz CT molecular complexity index is 398. The van der Waals surface area contributed by atoms with Gasteiger partial charge in [-0.2, -0.15) is 0 Å². The fourth-order valence-corrected chi connectivity index (χ4v) is 3.36. The van der Waals surface area contributed by atoms with E-state index in [1.165, 1.54) is 16.4 Å². The maximum Gasteiger partial charge on any atom is 0.130 e. The molecule has 1 atom stereocenters. The number of nitrogens with zero attached hydrogens (tertiary/aromatic N) is 2. The van der Waals surface area contributed by atoms with Gasteiger partial charge in [-0.25, -0.2) is 0 Å². The van der Waals surface area contributed by atoms with Crippen molar-refractivity contribution in [3.8, 4) is 0 Å². The maximum absolute atomic E-state index is 3.80. The van der Waals surface area contributed by atoms with Crippen LogP contribution in [0.25, 0.3) is 0 Å². The lowest BCUT2D eigenvalue weighted by molar-refractivity contribution is 0.907. The van der Waals surface area contributed by atoms with Crippen LogP contribution in [0.4, 0.5) is 5.00 Å². The molecule has 74 valence electrons. The molecule has 0 fully saturated rings. The van der Waals surface area contributed by atoms with Gasteiger partial charge in [0.15, 0.2) is 0 Å². The zero-order valence-corrected chi connectivity index (χ0v) is 10.6. The van der Waals surface area contributed by atoms with Crippen molar-refractivity contribution < 1.29 is 0 Å². The van der Waals surface area contributed by atoms with Crippen LogP contribution in [-0.4, -0.2) is 9.59 Å². The monoisotopic (exact) mass is 289 g/mol. The molecule has 0 radical (unpaired) electrons. The molecule has 0 aliphatic heterocycles. The van der Waals surface area contributed by atoms with Gasteiger partial charge in [0.1, 0.15) is 5.00 Å². The molecule has 0 amide bonds. The number of aromatic nitrogens is 2.